The minimum Gasteiger partial charge on any atom is -0.493 e. The van der Waals surface area contributed by atoms with Crippen molar-refractivity contribution in [3.63, 3.8) is 0 Å². The van der Waals surface area contributed by atoms with Crippen molar-refractivity contribution in [3.8, 4) is 28.7 Å². The number of carbonyl (C=O) groups is 1. The average Bonchev–Trinajstić information content (AvgIpc) is 3.54. The molecule has 0 saturated carbocycles. The van der Waals surface area contributed by atoms with Crippen molar-refractivity contribution < 1.29 is 33.6 Å². The van der Waals surface area contributed by atoms with Gasteiger partial charge in [-0.3, -0.25) is 5.01 Å². The first-order chi connectivity index (χ1) is 17.0. The molecule has 1 atom stereocenters. The Morgan fingerprint density at radius 3 is 2.26 bits per heavy atom. The van der Waals surface area contributed by atoms with Crippen LogP contribution in [-0.2, 0) is 0 Å². The summed E-state index contributed by atoms with van der Waals surface area (Å²) in [4.78, 5) is 11.3. The second-order valence-electron chi connectivity index (χ2n) is 7.99. The smallest absolute Gasteiger partial charge is 0.335 e. The fourth-order valence-electron chi connectivity index (χ4n) is 4.31. The van der Waals surface area contributed by atoms with Gasteiger partial charge in [-0.25, -0.2) is 4.79 Å². The molecule has 0 amide bonds. The van der Waals surface area contributed by atoms with Gasteiger partial charge in [0.15, 0.2) is 23.0 Å². The van der Waals surface area contributed by atoms with Crippen LogP contribution in [0.1, 0.15) is 33.9 Å². The van der Waals surface area contributed by atoms with Crippen LogP contribution < -0.4 is 28.7 Å². The molecule has 0 aromatic heterocycles. The molecular weight excluding hydrogens is 452 g/mol. The zero-order valence-electron chi connectivity index (χ0n) is 19.5. The third-order valence-electron chi connectivity index (χ3n) is 6.07. The average molecular weight is 476 g/mol. The largest absolute Gasteiger partial charge is 0.493 e. The minimum absolute atomic E-state index is 0.196. The lowest BCUT2D eigenvalue weighted by atomic mass is 9.97. The van der Waals surface area contributed by atoms with E-state index in [1.807, 2.05) is 35.3 Å². The van der Waals surface area contributed by atoms with E-state index in [-0.39, 0.29) is 18.4 Å². The van der Waals surface area contributed by atoms with E-state index in [4.69, 9.17) is 28.8 Å². The number of rotatable bonds is 7. The lowest BCUT2D eigenvalue weighted by Gasteiger charge is -2.25. The number of anilines is 1. The van der Waals surface area contributed by atoms with Crippen molar-refractivity contribution >= 4 is 17.4 Å². The molecule has 0 radical (unpaired) electrons. The molecule has 2 aliphatic heterocycles. The lowest BCUT2D eigenvalue weighted by Crippen LogP contribution is -2.19. The quantitative estimate of drug-likeness (QED) is 0.532. The van der Waals surface area contributed by atoms with Gasteiger partial charge in [-0.2, -0.15) is 5.10 Å². The maximum atomic E-state index is 11.3. The van der Waals surface area contributed by atoms with Gasteiger partial charge < -0.3 is 28.8 Å². The van der Waals surface area contributed by atoms with Crippen molar-refractivity contribution in [1.82, 2.24) is 0 Å². The molecule has 35 heavy (non-hydrogen) atoms. The zero-order valence-corrected chi connectivity index (χ0v) is 19.5. The molecule has 0 bridgehead atoms. The van der Waals surface area contributed by atoms with Gasteiger partial charge in [-0.05, 0) is 60.2 Å². The van der Waals surface area contributed by atoms with Gasteiger partial charge in [0.25, 0.3) is 0 Å². The Balaban J connectivity index is 1.58. The van der Waals surface area contributed by atoms with Gasteiger partial charge in [0.1, 0.15) is 0 Å². The van der Waals surface area contributed by atoms with Crippen molar-refractivity contribution in [2.75, 3.05) is 33.1 Å². The highest BCUT2D eigenvalue weighted by atomic mass is 16.7. The summed E-state index contributed by atoms with van der Waals surface area (Å²) >= 11 is 0. The number of hydrogen-bond donors (Lipinski definition) is 1. The van der Waals surface area contributed by atoms with E-state index in [1.54, 1.807) is 45.6 Å². The summed E-state index contributed by atoms with van der Waals surface area (Å²) in [7, 11) is 4.71. The monoisotopic (exact) mass is 476 g/mol. The molecule has 0 aliphatic carbocycles. The van der Waals surface area contributed by atoms with Crippen LogP contribution in [0, 0.1) is 0 Å². The molecule has 0 unspecified atom stereocenters. The van der Waals surface area contributed by atoms with E-state index in [0.29, 0.717) is 35.2 Å². The summed E-state index contributed by atoms with van der Waals surface area (Å²) in [6, 6.07) is 16.0. The van der Waals surface area contributed by atoms with E-state index in [1.165, 1.54) is 0 Å². The third-order valence-corrected chi connectivity index (χ3v) is 6.07. The van der Waals surface area contributed by atoms with Gasteiger partial charge in [0, 0.05) is 12.0 Å². The predicted octanol–water partition coefficient (Wildman–Crippen LogP) is 4.50. The normalized spacial score (nSPS) is 16.1. The summed E-state index contributed by atoms with van der Waals surface area (Å²) in [5.74, 6) is 1.99. The lowest BCUT2D eigenvalue weighted by molar-refractivity contribution is 0.0697. The number of carboxylic acid groups (broad SMARTS) is 1. The molecule has 0 spiro atoms. The summed E-state index contributed by atoms with van der Waals surface area (Å²) < 4.78 is 27.6. The van der Waals surface area contributed by atoms with Gasteiger partial charge in [-0.15, -0.1) is 0 Å². The molecule has 3 aromatic rings. The molecule has 9 nitrogen and oxygen atoms in total. The number of hydrogen-bond acceptors (Lipinski definition) is 8. The van der Waals surface area contributed by atoms with Crippen LogP contribution in [0.2, 0.25) is 0 Å². The van der Waals surface area contributed by atoms with Crippen LogP contribution in [-0.4, -0.2) is 44.9 Å². The molecule has 2 aliphatic rings. The topological polar surface area (TPSA) is 99.1 Å². The van der Waals surface area contributed by atoms with E-state index in [0.717, 1.165) is 22.5 Å². The highest BCUT2D eigenvalue weighted by Crippen LogP contribution is 2.45. The van der Waals surface area contributed by atoms with E-state index >= 15 is 0 Å². The Morgan fingerprint density at radius 1 is 0.943 bits per heavy atom. The first-order valence-electron chi connectivity index (χ1n) is 10.9. The highest BCUT2D eigenvalue weighted by molar-refractivity contribution is 6.04. The van der Waals surface area contributed by atoms with Gasteiger partial charge in [0.05, 0.1) is 44.3 Å². The molecule has 0 saturated heterocycles. The van der Waals surface area contributed by atoms with E-state index in [9.17, 15) is 9.90 Å². The number of hydrazone groups is 1. The van der Waals surface area contributed by atoms with Crippen molar-refractivity contribution in [2.24, 2.45) is 5.10 Å². The molecule has 0 fully saturated rings. The van der Waals surface area contributed by atoms with Crippen molar-refractivity contribution in [3.05, 3.63) is 71.3 Å². The third kappa shape index (κ3) is 4.05. The molecule has 3 aromatic carbocycles. The summed E-state index contributed by atoms with van der Waals surface area (Å²) in [6.07, 6.45) is 0.582. The molecule has 5 rings (SSSR count). The van der Waals surface area contributed by atoms with Gasteiger partial charge in [0.2, 0.25) is 12.5 Å². The van der Waals surface area contributed by atoms with Crippen LogP contribution in [0.15, 0.2) is 59.7 Å². The molecular formula is C26H24N2O7. The van der Waals surface area contributed by atoms with Crippen molar-refractivity contribution in [1.29, 1.82) is 0 Å². The minimum atomic E-state index is -0.983. The number of ether oxygens (including phenoxy) is 5. The Kier molecular flexibility index (Phi) is 5.82. The fourth-order valence-corrected chi connectivity index (χ4v) is 4.31. The SMILES string of the molecule is COc1cc([C@H]2CC(c3ccc4c(c3)OCO4)=NN2c2ccc(C(=O)O)cc2)cc(OC)c1OC. The van der Waals surface area contributed by atoms with Crippen molar-refractivity contribution in [2.45, 2.75) is 12.5 Å². The van der Waals surface area contributed by atoms with Crippen LogP contribution in [0.4, 0.5) is 5.69 Å². The van der Waals surface area contributed by atoms with E-state index in [2.05, 4.69) is 0 Å². The Hall–Kier alpha value is -4.40. The summed E-state index contributed by atoms with van der Waals surface area (Å²) in [5, 5.41) is 16.1. The number of carboxylic acids is 1. The zero-order chi connectivity index (χ0) is 24.5. The second-order valence-corrected chi connectivity index (χ2v) is 7.99. The molecule has 2 heterocycles. The first-order valence-corrected chi connectivity index (χ1v) is 10.9. The molecule has 180 valence electrons. The number of methoxy groups -OCH3 is 3. The molecule has 1 N–H and O–H groups in total. The number of nitrogens with zero attached hydrogens (tertiary/aromatic N) is 2. The van der Waals surface area contributed by atoms with Crippen LogP contribution in [0.25, 0.3) is 0 Å². The van der Waals surface area contributed by atoms with Gasteiger partial charge >= 0.3 is 5.97 Å². The van der Waals surface area contributed by atoms with Crippen LogP contribution in [0.5, 0.6) is 28.7 Å². The van der Waals surface area contributed by atoms with Crippen LogP contribution >= 0.6 is 0 Å². The fraction of sp³-hybridized carbons (Fsp3) is 0.231. The number of aromatic carboxylic acids is 1. The molecule has 9 heteroatoms. The maximum Gasteiger partial charge on any atom is 0.335 e. The predicted molar refractivity (Wildman–Crippen MR) is 128 cm³/mol. The number of benzene rings is 3. The highest BCUT2D eigenvalue weighted by Gasteiger charge is 2.32. The second kappa shape index (κ2) is 9.09. The Morgan fingerprint density at radius 2 is 1.63 bits per heavy atom. The Bertz CT molecular complexity index is 1280. The standard InChI is InChI=1S/C26H24N2O7/c1-31-23-11-17(12-24(32-2)25(23)33-3)20-13-19(16-6-9-21-22(10-16)35-14-34-21)27-28(20)18-7-4-15(5-8-18)26(29)30/h4-12,20H,13-14H2,1-3H3,(H,29,30)/t20-/m1/s1. The summed E-state index contributed by atoms with van der Waals surface area (Å²) in [5.41, 5.74) is 3.63. The Labute approximate surface area is 202 Å². The summed E-state index contributed by atoms with van der Waals surface area (Å²) in [6.45, 7) is 0.196. The number of fused-ring (bicyclic) bond motifs is 1. The first kappa shape index (κ1) is 22.4. The maximum absolute atomic E-state index is 11.3. The van der Waals surface area contributed by atoms with Gasteiger partial charge in [-0.1, -0.05) is 0 Å². The van der Waals surface area contributed by atoms with Crippen LogP contribution in [0.3, 0.4) is 0 Å². The van der Waals surface area contributed by atoms with E-state index < -0.39 is 5.97 Å².